The number of carboxylic acid groups (broad SMARTS) is 1. The third-order valence-corrected chi connectivity index (χ3v) is 4.04. The zero-order chi connectivity index (χ0) is 14.9. The molecule has 4 N–H and O–H groups in total. The third kappa shape index (κ3) is 2.61. The molecule has 0 bridgehead atoms. The van der Waals surface area contributed by atoms with Gasteiger partial charge in [-0.3, -0.25) is 14.3 Å². The van der Waals surface area contributed by atoms with E-state index in [1.165, 1.54) is 0 Å². The van der Waals surface area contributed by atoms with E-state index >= 15 is 0 Å². The minimum Gasteiger partial charge on any atom is -0.481 e. The number of nitrogens with zero attached hydrogens (tertiary/aromatic N) is 2. The van der Waals surface area contributed by atoms with Crippen LogP contribution < -0.4 is 11.1 Å². The van der Waals surface area contributed by atoms with Crippen LogP contribution in [0.25, 0.3) is 0 Å². The van der Waals surface area contributed by atoms with Gasteiger partial charge in [0.25, 0.3) is 5.91 Å². The van der Waals surface area contributed by atoms with E-state index in [1.807, 2.05) is 0 Å². The summed E-state index contributed by atoms with van der Waals surface area (Å²) in [6, 6.07) is 0. The van der Waals surface area contributed by atoms with Gasteiger partial charge in [-0.05, 0) is 25.2 Å². The Kier molecular flexibility index (Phi) is 3.69. The fraction of sp³-hybridized carbons (Fsp3) is 0.615. The predicted molar refractivity (Wildman–Crippen MR) is 73.5 cm³/mol. The Morgan fingerprint density at radius 1 is 1.50 bits per heavy atom. The van der Waals surface area contributed by atoms with Crippen LogP contribution in [-0.4, -0.2) is 33.3 Å². The number of aliphatic carboxylic acids is 1. The van der Waals surface area contributed by atoms with E-state index in [0.29, 0.717) is 23.6 Å². The maximum Gasteiger partial charge on any atom is 0.303 e. The molecule has 0 aliphatic heterocycles. The van der Waals surface area contributed by atoms with Crippen LogP contribution in [0.2, 0.25) is 0 Å². The van der Waals surface area contributed by atoms with Crippen molar-refractivity contribution in [3.05, 3.63) is 11.3 Å². The zero-order valence-corrected chi connectivity index (χ0v) is 11.8. The van der Waals surface area contributed by atoms with Gasteiger partial charge in [-0.15, -0.1) is 0 Å². The van der Waals surface area contributed by atoms with E-state index in [2.05, 4.69) is 10.4 Å². The minimum atomic E-state index is -0.789. The fourth-order valence-electron chi connectivity index (χ4n) is 2.84. The first-order chi connectivity index (χ1) is 9.34. The second-order valence-electron chi connectivity index (χ2n) is 5.57. The smallest absolute Gasteiger partial charge is 0.303 e. The fourth-order valence-corrected chi connectivity index (χ4v) is 2.84. The van der Waals surface area contributed by atoms with Crippen molar-refractivity contribution in [3.8, 4) is 0 Å². The SMILES string of the molecule is Cc1nn(C)c(NCC2(CC(=O)O)CCC2)c1C(N)=O. The van der Waals surface area contributed by atoms with Crippen LogP contribution >= 0.6 is 0 Å². The van der Waals surface area contributed by atoms with Gasteiger partial charge in [-0.25, -0.2) is 0 Å². The molecule has 110 valence electrons. The van der Waals surface area contributed by atoms with E-state index in [9.17, 15) is 9.59 Å². The van der Waals surface area contributed by atoms with Crippen molar-refractivity contribution < 1.29 is 14.7 Å². The number of carbonyl (C=O) groups excluding carboxylic acids is 1. The highest BCUT2D eigenvalue weighted by atomic mass is 16.4. The molecule has 1 aliphatic rings. The summed E-state index contributed by atoms with van der Waals surface area (Å²) in [7, 11) is 1.73. The van der Waals surface area contributed by atoms with Crippen LogP contribution in [-0.2, 0) is 11.8 Å². The van der Waals surface area contributed by atoms with Crippen molar-refractivity contribution in [1.82, 2.24) is 9.78 Å². The predicted octanol–water partition coefficient (Wildman–Crippen LogP) is 0.884. The van der Waals surface area contributed by atoms with Gasteiger partial charge in [0.15, 0.2) is 0 Å². The molecule has 1 aromatic heterocycles. The number of amides is 1. The number of anilines is 1. The lowest BCUT2D eigenvalue weighted by Gasteiger charge is -2.41. The Morgan fingerprint density at radius 3 is 2.60 bits per heavy atom. The number of primary amides is 1. The van der Waals surface area contributed by atoms with Crippen molar-refractivity contribution in [2.75, 3.05) is 11.9 Å². The molecule has 1 amide bonds. The average Bonchev–Trinajstić information content (AvgIpc) is 2.56. The Labute approximate surface area is 117 Å². The zero-order valence-electron chi connectivity index (χ0n) is 11.8. The maximum atomic E-state index is 11.5. The summed E-state index contributed by atoms with van der Waals surface area (Å²) in [5, 5.41) is 16.3. The van der Waals surface area contributed by atoms with Crippen molar-refractivity contribution in [2.45, 2.75) is 32.6 Å². The molecule has 0 spiro atoms. The Bertz CT molecular complexity index is 546. The van der Waals surface area contributed by atoms with Crippen LogP contribution in [0.1, 0.15) is 41.7 Å². The molecule has 20 heavy (non-hydrogen) atoms. The number of carbonyl (C=O) groups is 2. The molecule has 0 radical (unpaired) electrons. The largest absolute Gasteiger partial charge is 0.481 e. The van der Waals surface area contributed by atoms with Crippen molar-refractivity contribution >= 4 is 17.7 Å². The first-order valence-electron chi connectivity index (χ1n) is 6.64. The van der Waals surface area contributed by atoms with Crippen molar-refractivity contribution in [2.24, 2.45) is 18.2 Å². The van der Waals surface area contributed by atoms with Gasteiger partial charge in [-0.1, -0.05) is 6.42 Å². The number of carboxylic acids is 1. The average molecular weight is 280 g/mol. The standard InChI is InChI=1S/C13H20N4O3/c1-8-10(11(14)20)12(17(2)16-8)15-7-13(4-3-5-13)6-9(18)19/h15H,3-7H2,1-2H3,(H2,14,20)(H,18,19). The molecule has 0 atom stereocenters. The number of nitrogens with one attached hydrogen (secondary N) is 1. The normalized spacial score (nSPS) is 16.5. The highest BCUT2D eigenvalue weighted by Crippen LogP contribution is 2.44. The second kappa shape index (κ2) is 5.15. The van der Waals surface area contributed by atoms with Crippen LogP contribution in [0.15, 0.2) is 0 Å². The van der Waals surface area contributed by atoms with E-state index < -0.39 is 11.9 Å². The van der Waals surface area contributed by atoms with Gasteiger partial charge in [-0.2, -0.15) is 5.10 Å². The van der Waals surface area contributed by atoms with E-state index in [0.717, 1.165) is 19.3 Å². The molecule has 0 saturated heterocycles. The van der Waals surface area contributed by atoms with E-state index in [1.54, 1.807) is 18.7 Å². The number of rotatable bonds is 6. The van der Waals surface area contributed by atoms with Crippen LogP contribution in [0.4, 0.5) is 5.82 Å². The van der Waals surface area contributed by atoms with Crippen LogP contribution in [0.5, 0.6) is 0 Å². The van der Waals surface area contributed by atoms with E-state index in [4.69, 9.17) is 10.8 Å². The number of hydrogen-bond acceptors (Lipinski definition) is 4. The summed E-state index contributed by atoms with van der Waals surface area (Å²) >= 11 is 0. The van der Waals surface area contributed by atoms with Gasteiger partial charge in [0.05, 0.1) is 12.1 Å². The van der Waals surface area contributed by atoms with Crippen molar-refractivity contribution in [3.63, 3.8) is 0 Å². The van der Waals surface area contributed by atoms with Gasteiger partial charge in [0.1, 0.15) is 11.4 Å². The lowest BCUT2D eigenvalue weighted by atomic mass is 9.66. The number of nitrogens with two attached hydrogens (primary N) is 1. The molecule has 1 saturated carbocycles. The molecule has 0 aromatic carbocycles. The molecular weight excluding hydrogens is 260 g/mol. The van der Waals surface area contributed by atoms with Crippen molar-refractivity contribution in [1.29, 1.82) is 0 Å². The first kappa shape index (κ1) is 14.4. The monoisotopic (exact) mass is 280 g/mol. The Morgan fingerprint density at radius 2 is 2.15 bits per heavy atom. The molecule has 1 heterocycles. The van der Waals surface area contributed by atoms with E-state index in [-0.39, 0.29) is 11.8 Å². The van der Waals surface area contributed by atoms with Crippen LogP contribution in [0.3, 0.4) is 0 Å². The molecule has 7 heteroatoms. The molecule has 1 aromatic rings. The third-order valence-electron chi connectivity index (χ3n) is 4.04. The maximum absolute atomic E-state index is 11.5. The van der Waals surface area contributed by atoms with Gasteiger partial charge in [0, 0.05) is 13.6 Å². The highest BCUT2D eigenvalue weighted by molar-refractivity contribution is 5.98. The first-order valence-corrected chi connectivity index (χ1v) is 6.64. The van der Waals surface area contributed by atoms with Gasteiger partial charge in [0.2, 0.25) is 0 Å². The quantitative estimate of drug-likeness (QED) is 0.716. The number of aromatic nitrogens is 2. The van der Waals surface area contributed by atoms with Crippen LogP contribution in [0, 0.1) is 12.3 Å². The molecule has 0 unspecified atom stereocenters. The number of hydrogen-bond donors (Lipinski definition) is 3. The molecule has 1 aliphatic carbocycles. The molecule has 2 rings (SSSR count). The summed E-state index contributed by atoms with van der Waals surface area (Å²) in [4.78, 5) is 22.4. The Hall–Kier alpha value is -2.05. The number of aryl methyl sites for hydroxylation is 2. The Balaban J connectivity index is 2.14. The molecular formula is C13H20N4O3. The molecule has 1 fully saturated rings. The van der Waals surface area contributed by atoms with Gasteiger partial charge >= 0.3 is 5.97 Å². The summed E-state index contributed by atoms with van der Waals surface area (Å²) in [6.07, 6.45) is 2.95. The molecule has 7 nitrogen and oxygen atoms in total. The minimum absolute atomic E-state index is 0.142. The highest BCUT2D eigenvalue weighted by Gasteiger charge is 2.39. The lowest BCUT2D eigenvalue weighted by molar-refractivity contribution is -0.141. The summed E-state index contributed by atoms with van der Waals surface area (Å²) in [5.74, 6) is -0.756. The van der Waals surface area contributed by atoms with Gasteiger partial charge < -0.3 is 16.2 Å². The summed E-state index contributed by atoms with van der Waals surface area (Å²) in [6.45, 7) is 2.24. The lowest BCUT2D eigenvalue weighted by Crippen LogP contribution is -2.39. The summed E-state index contributed by atoms with van der Waals surface area (Å²) < 4.78 is 1.57. The topological polar surface area (TPSA) is 110 Å². The summed E-state index contributed by atoms with van der Waals surface area (Å²) in [5.41, 5.74) is 6.09. The second-order valence-corrected chi connectivity index (χ2v) is 5.57.